The molecular formula is C15H21NO3. The van der Waals surface area contributed by atoms with Gasteiger partial charge in [0.05, 0.1) is 13.2 Å². The van der Waals surface area contributed by atoms with E-state index in [1.807, 2.05) is 24.8 Å². The first kappa shape index (κ1) is 14.0. The number of morpholine rings is 1. The zero-order valence-electron chi connectivity index (χ0n) is 11.8. The molecule has 0 aliphatic carbocycles. The summed E-state index contributed by atoms with van der Waals surface area (Å²) < 4.78 is 5.30. The van der Waals surface area contributed by atoms with Gasteiger partial charge >= 0.3 is 5.97 Å². The molecule has 104 valence electrons. The lowest BCUT2D eigenvalue weighted by molar-refractivity contribution is -0.145. The standard InChI is InChI=1S/C15H21NO3/c1-10-8-12(3)13(9-11(10)2)14(15(17)18)16-4-6-19-7-5-16/h8-9,14H,4-7H2,1-3H3,(H,17,18). The molecule has 2 rings (SSSR count). The summed E-state index contributed by atoms with van der Waals surface area (Å²) in [5.41, 5.74) is 4.28. The van der Waals surface area contributed by atoms with Crippen LogP contribution in [-0.2, 0) is 9.53 Å². The van der Waals surface area contributed by atoms with E-state index < -0.39 is 12.0 Å². The fourth-order valence-corrected chi connectivity index (χ4v) is 2.60. The second-order valence-electron chi connectivity index (χ2n) is 5.18. The minimum atomic E-state index is -0.784. The molecule has 1 N–H and O–H groups in total. The van der Waals surface area contributed by atoms with Crippen LogP contribution in [0.2, 0.25) is 0 Å². The largest absolute Gasteiger partial charge is 0.480 e. The Labute approximate surface area is 114 Å². The van der Waals surface area contributed by atoms with Gasteiger partial charge in [0, 0.05) is 13.1 Å². The number of nitrogens with zero attached hydrogens (tertiary/aromatic N) is 1. The molecule has 1 aliphatic heterocycles. The Balaban J connectivity index is 2.38. The molecule has 0 aromatic heterocycles. The van der Waals surface area contributed by atoms with Crippen LogP contribution in [0, 0.1) is 20.8 Å². The number of rotatable bonds is 3. The highest BCUT2D eigenvalue weighted by molar-refractivity contribution is 5.76. The number of aryl methyl sites for hydroxylation is 3. The Morgan fingerprint density at radius 2 is 1.74 bits per heavy atom. The van der Waals surface area contributed by atoms with Gasteiger partial charge in [0.2, 0.25) is 0 Å². The summed E-state index contributed by atoms with van der Waals surface area (Å²) in [6, 6.07) is 3.52. The van der Waals surface area contributed by atoms with Crippen LogP contribution >= 0.6 is 0 Å². The maximum absolute atomic E-state index is 11.7. The van der Waals surface area contributed by atoms with Gasteiger partial charge in [-0.25, -0.2) is 0 Å². The maximum atomic E-state index is 11.7. The van der Waals surface area contributed by atoms with Crippen LogP contribution in [0.15, 0.2) is 12.1 Å². The molecule has 0 saturated carbocycles. The van der Waals surface area contributed by atoms with Crippen molar-refractivity contribution in [1.82, 2.24) is 4.90 Å². The molecule has 0 radical (unpaired) electrons. The average Bonchev–Trinajstić information content (AvgIpc) is 2.37. The van der Waals surface area contributed by atoms with Crippen molar-refractivity contribution in [2.24, 2.45) is 0 Å². The number of aliphatic carboxylic acids is 1. The van der Waals surface area contributed by atoms with E-state index in [0.717, 1.165) is 16.7 Å². The monoisotopic (exact) mass is 263 g/mol. The second kappa shape index (κ2) is 5.72. The van der Waals surface area contributed by atoms with E-state index in [-0.39, 0.29) is 0 Å². The second-order valence-corrected chi connectivity index (χ2v) is 5.18. The lowest BCUT2D eigenvalue weighted by atomic mass is 9.94. The minimum Gasteiger partial charge on any atom is -0.480 e. The van der Waals surface area contributed by atoms with E-state index in [1.54, 1.807) is 0 Å². The van der Waals surface area contributed by atoms with Crippen molar-refractivity contribution in [2.75, 3.05) is 26.3 Å². The number of carboxylic acids is 1. The first-order chi connectivity index (χ1) is 9.00. The highest BCUT2D eigenvalue weighted by atomic mass is 16.5. The van der Waals surface area contributed by atoms with Crippen molar-refractivity contribution in [3.63, 3.8) is 0 Å². The topological polar surface area (TPSA) is 49.8 Å². The van der Waals surface area contributed by atoms with Gasteiger partial charge in [-0.3, -0.25) is 9.69 Å². The van der Waals surface area contributed by atoms with E-state index in [0.29, 0.717) is 26.3 Å². The third-order valence-electron chi connectivity index (χ3n) is 3.82. The van der Waals surface area contributed by atoms with E-state index in [4.69, 9.17) is 4.74 Å². The number of carbonyl (C=O) groups is 1. The van der Waals surface area contributed by atoms with Gasteiger partial charge in [0.1, 0.15) is 6.04 Å². The molecule has 0 amide bonds. The molecule has 1 atom stereocenters. The zero-order valence-corrected chi connectivity index (χ0v) is 11.8. The fourth-order valence-electron chi connectivity index (χ4n) is 2.60. The van der Waals surface area contributed by atoms with Crippen molar-refractivity contribution < 1.29 is 14.6 Å². The summed E-state index contributed by atoms with van der Waals surface area (Å²) in [5.74, 6) is -0.784. The van der Waals surface area contributed by atoms with Gasteiger partial charge in [0.25, 0.3) is 0 Å². The number of carboxylic acid groups (broad SMARTS) is 1. The van der Waals surface area contributed by atoms with Gasteiger partial charge in [0.15, 0.2) is 0 Å². The van der Waals surface area contributed by atoms with Crippen molar-refractivity contribution >= 4 is 5.97 Å². The molecule has 1 saturated heterocycles. The van der Waals surface area contributed by atoms with Crippen molar-refractivity contribution in [3.05, 3.63) is 34.4 Å². The van der Waals surface area contributed by atoms with Crippen molar-refractivity contribution in [2.45, 2.75) is 26.8 Å². The molecule has 0 bridgehead atoms. The first-order valence-electron chi connectivity index (χ1n) is 6.63. The van der Waals surface area contributed by atoms with Gasteiger partial charge in [-0.15, -0.1) is 0 Å². The van der Waals surface area contributed by atoms with Crippen LogP contribution in [0.1, 0.15) is 28.3 Å². The smallest absolute Gasteiger partial charge is 0.325 e. The molecule has 1 aromatic carbocycles. The summed E-state index contributed by atoms with van der Waals surface area (Å²) in [6.45, 7) is 8.61. The zero-order chi connectivity index (χ0) is 14.0. The quantitative estimate of drug-likeness (QED) is 0.907. The third kappa shape index (κ3) is 2.96. The Morgan fingerprint density at radius 3 is 2.32 bits per heavy atom. The molecule has 1 fully saturated rings. The van der Waals surface area contributed by atoms with Gasteiger partial charge in [-0.2, -0.15) is 0 Å². The predicted octanol–water partition coefficient (Wildman–Crippen LogP) is 2.07. The first-order valence-corrected chi connectivity index (χ1v) is 6.63. The number of hydrogen-bond acceptors (Lipinski definition) is 3. The molecule has 19 heavy (non-hydrogen) atoms. The molecule has 0 spiro atoms. The van der Waals surface area contributed by atoms with Crippen LogP contribution in [0.3, 0.4) is 0 Å². The average molecular weight is 263 g/mol. The van der Waals surface area contributed by atoms with Crippen LogP contribution in [0.4, 0.5) is 0 Å². The summed E-state index contributed by atoms with van der Waals surface area (Å²) >= 11 is 0. The molecule has 1 unspecified atom stereocenters. The molecule has 1 heterocycles. The van der Waals surface area contributed by atoms with Crippen molar-refractivity contribution in [1.29, 1.82) is 0 Å². The van der Waals surface area contributed by atoms with Crippen LogP contribution in [0.5, 0.6) is 0 Å². The molecule has 4 nitrogen and oxygen atoms in total. The van der Waals surface area contributed by atoms with Crippen molar-refractivity contribution in [3.8, 4) is 0 Å². The Morgan fingerprint density at radius 1 is 1.16 bits per heavy atom. The van der Waals surface area contributed by atoms with E-state index in [1.165, 1.54) is 5.56 Å². The SMILES string of the molecule is Cc1cc(C)c(C(C(=O)O)N2CCOCC2)cc1C. The molecule has 1 aliphatic rings. The molecule has 1 aromatic rings. The Bertz CT molecular complexity index is 479. The van der Waals surface area contributed by atoms with Crippen LogP contribution in [-0.4, -0.2) is 42.3 Å². The predicted molar refractivity (Wildman–Crippen MR) is 73.4 cm³/mol. The van der Waals surface area contributed by atoms with Gasteiger partial charge in [-0.05, 0) is 43.0 Å². The summed E-state index contributed by atoms with van der Waals surface area (Å²) in [5, 5.41) is 9.58. The van der Waals surface area contributed by atoms with Gasteiger partial charge in [-0.1, -0.05) is 12.1 Å². The number of benzene rings is 1. The highest BCUT2D eigenvalue weighted by Crippen LogP contribution is 2.27. The third-order valence-corrected chi connectivity index (χ3v) is 3.82. The highest BCUT2D eigenvalue weighted by Gasteiger charge is 2.30. The lowest BCUT2D eigenvalue weighted by Crippen LogP contribution is -2.42. The maximum Gasteiger partial charge on any atom is 0.325 e. The molecular weight excluding hydrogens is 242 g/mol. The normalized spacial score (nSPS) is 18.3. The summed E-state index contributed by atoms with van der Waals surface area (Å²) in [6.07, 6.45) is 0. The molecule has 4 heteroatoms. The van der Waals surface area contributed by atoms with E-state index in [2.05, 4.69) is 13.0 Å². The summed E-state index contributed by atoms with van der Waals surface area (Å²) in [7, 11) is 0. The minimum absolute atomic E-state index is 0.566. The van der Waals surface area contributed by atoms with Gasteiger partial charge < -0.3 is 9.84 Å². The number of ether oxygens (including phenoxy) is 1. The Hall–Kier alpha value is -1.39. The fraction of sp³-hybridized carbons (Fsp3) is 0.533. The van der Waals surface area contributed by atoms with Crippen LogP contribution in [0.25, 0.3) is 0 Å². The van der Waals surface area contributed by atoms with E-state index in [9.17, 15) is 9.90 Å². The lowest BCUT2D eigenvalue weighted by Gasteiger charge is -2.33. The number of hydrogen-bond donors (Lipinski definition) is 1. The van der Waals surface area contributed by atoms with E-state index >= 15 is 0 Å². The van der Waals surface area contributed by atoms with Crippen LogP contribution < -0.4 is 0 Å². The summed E-state index contributed by atoms with van der Waals surface area (Å²) in [4.78, 5) is 13.7. The Kier molecular flexibility index (Phi) is 4.22.